The van der Waals surface area contributed by atoms with E-state index in [4.69, 9.17) is 16.3 Å². The van der Waals surface area contributed by atoms with Crippen molar-refractivity contribution in [2.75, 3.05) is 7.11 Å². The largest absolute Gasteiger partial charge is 0.453 e. The normalized spacial score (nSPS) is 11.6. The Bertz CT molecular complexity index is 1000. The molecule has 0 radical (unpaired) electrons. The second-order valence-electron chi connectivity index (χ2n) is 8.19. The number of nitrogens with one attached hydrogen (secondary N) is 1. The zero-order valence-electron chi connectivity index (χ0n) is 17.1. The first-order valence-corrected chi connectivity index (χ1v) is 9.76. The molecule has 1 aromatic heterocycles. The maximum atomic E-state index is 12.2. The fourth-order valence-electron chi connectivity index (χ4n) is 3.35. The van der Waals surface area contributed by atoms with E-state index in [9.17, 15) is 4.79 Å². The Labute approximate surface area is 171 Å². The molecule has 5 heteroatoms. The number of hydrogen-bond acceptors (Lipinski definition) is 2. The summed E-state index contributed by atoms with van der Waals surface area (Å²) in [4.78, 5) is 17.3. The third kappa shape index (κ3) is 4.33. The van der Waals surface area contributed by atoms with Gasteiger partial charge < -0.3 is 9.72 Å². The molecule has 0 aliphatic rings. The van der Waals surface area contributed by atoms with E-state index < -0.39 is 0 Å². The number of aryl methyl sites for hydroxylation is 1. The van der Waals surface area contributed by atoms with Gasteiger partial charge in [-0.15, -0.1) is 0 Å². The Morgan fingerprint density at radius 3 is 2.54 bits per heavy atom. The smallest absolute Gasteiger partial charge is 0.410 e. The minimum Gasteiger partial charge on any atom is -0.453 e. The molecular formula is C23H27ClN2O2. The molecule has 0 fully saturated rings. The summed E-state index contributed by atoms with van der Waals surface area (Å²) in [5, 5.41) is 1.91. The summed E-state index contributed by atoms with van der Waals surface area (Å²) in [5.74, 6) is 0. The number of carbonyl (C=O) groups is 1. The predicted molar refractivity (Wildman–Crippen MR) is 115 cm³/mol. The number of aromatic amines is 1. The van der Waals surface area contributed by atoms with E-state index in [1.165, 1.54) is 12.7 Å². The van der Waals surface area contributed by atoms with Crippen LogP contribution in [0.3, 0.4) is 0 Å². The average molecular weight is 399 g/mol. The SMILES string of the molecule is COC(=O)N(Cc1c[nH]c2cc(Cc3ccc(C)cc3Cl)ccc12)C(C)(C)C. The highest BCUT2D eigenvalue weighted by atomic mass is 35.5. The average Bonchev–Trinajstić information content (AvgIpc) is 3.02. The lowest BCUT2D eigenvalue weighted by atomic mass is 10.0. The van der Waals surface area contributed by atoms with Crippen molar-refractivity contribution >= 4 is 28.6 Å². The van der Waals surface area contributed by atoms with E-state index in [0.29, 0.717) is 6.54 Å². The van der Waals surface area contributed by atoms with Crippen molar-refractivity contribution in [2.45, 2.75) is 46.2 Å². The Kier molecular flexibility index (Phi) is 5.71. The van der Waals surface area contributed by atoms with Gasteiger partial charge in [-0.05, 0) is 68.5 Å². The number of H-pyrrole nitrogens is 1. The molecule has 0 atom stereocenters. The highest BCUT2D eigenvalue weighted by Gasteiger charge is 2.28. The van der Waals surface area contributed by atoms with Gasteiger partial charge in [-0.2, -0.15) is 0 Å². The summed E-state index contributed by atoms with van der Waals surface area (Å²) in [6.07, 6.45) is 2.42. The van der Waals surface area contributed by atoms with E-state index >= 15 is 0 Å². The number of amides is 1. The maximum Gasteiger partial charge on any atom is 0.410 e. The second kappa shape index (κ2) is 7.88. The van der Waals surface area contributed by atoms with Crippen LogP contribution in [0.15, 0.2) is 42.6 Å². The number of aromatic nitrogens is 1. The number of methoxy groups -OCH3 is 1. The van der Waals surface area contributed by atoms with E-state index in [1.54, 1.807) is 4.90 Å². The standard InChI is InChI=1S/C23H27ClN2O2/c1-15-6-8-17(20(24)10-15)11-16-7-9-19-18(13-25-21(19)12-16)14-26(22(27)28-5)23(2,3)4/h6-10,12-13,25H,11,14H2,1-5H3. The lowest BCUT2D eigenvalue weighted by Gasteiger charge is -2.34. The molecule has 3 rings (SSSR count). The molecule has 28 heavy (non-hydrogen) atoms. The molecule has 0 spiro atoms. The van der Waals surface area contributed by atoms with Crippen LogP contribution in [0.1, 0.15) is 43.0 Å². The summed E-state index contributed by atoms with van der Waals surface area (Å²) in [7, 11) is 1.42. The number of nitrogens with zero attached hydrogens (tertiary/aromatic N) is 1. The van der Waals surface area contributed by atoms with Gasteiger partial charge in [-0.3, -0.25) is 4.90 Å². The monoisotopic (exact) mass is 398 g/mol. The van der Waals surface area contributed by atoms with Crippen LogP contribution in [-0.4, -0.2) is 28.6 Å². The van der Waals surface area contributed by atoms with Crippen molar-refractivity contribution in [1.29, 1.82) is 0 Å². The molecular weight excluding hydrogens is 372 g/mol. The Morgan fingerprint density at radius 1 is 1.14 bits per heavy atom. The fraction of sp³-hybridized carbons (Fsp3) is 0.348. The van der Waals surface area contributed by atoms with E-state index in [1.807, 2.05) is 40.0 Å². The number of carbonyl (C=O) groups excluding carboxylic acids is 1. The first-order valence-electron chi connectivity index (χ1n) is 9.38. The Hall–Kier alpha value is -2.46. The highest BCUT2D eigenvalue weighted by Crippen LogP contribution is 2.27. The van der Waals surface area contributed by atoms with Crippen molar-refractivity contribution in [2.24, 2.45) is 0 Å². The lowest BCUT2D eigenvalue weighted by molar-refractivity contribution is 0.0795. The molecule has 0 bridgehead atoms. The highest BCUT2D eigenvalue weighted by molar-refractivity contribution is 6.31. The Morgan fingerprint density at radius 2 is 1.89 bits per heavy atom. The summed E-state index contributed by atoms with van der Waals surface area (Å²) in [6, 6.07) is 12.5. The van der Waals surface area contributed by atoms with Crippen LogP contribution in [-0.2, 0) is 17.7 Å². The van der Waals surface area contributed by atoms with E-state index in [0.717, 1.165) is 39.0 Å². The van der Waals surface area contributed by atoms with E-state index in [2.05, 4.69) is 35.3 Å². The molecule has 4 nitrogen and oxygen atoms in total. The van der Waals surface area contributed by atoms with Crippen molar-refractivity contribution in [3.63, 3.8) is 0 Å². The van der Waals surface area contributed by atoms with Crippen LogP contribution in [0.25, 0.3) is 10.9 Å². The molecule has 148 valence electrons. The first kappa shape index (κ1) is 20.3. The van der Waals surface area contributed by atoms with Crippen molar-refractivity contribution in [3.05, 3.63) is 69.9 Å². The number of fused-ring (bicyclic) bond motifs is 1. The lowest BCUT2D eigenvalue weighted by Crippen LogP contribution is -2.44. The molecule has 1 heterocycles. The van der Waals surface area contributed by atoms with Crippen LogP contribution in [0.5, 0.6) is 0 Å². The second-order valence-corrected chi connectivity index (χ2v) is 8.60. The van der Waals surface area contributed by atoms with Crippen LogP contribution >= 0.6 is 11.6 Å². The van der Waals surface area contributed by atoms with Gasteiger partial charge in [0.1, 0.15) is 0 Å². The molecule has 2 aromatic carbocycles. The first-order chi connectivity index (χ1) is 13.2. The number of ether oxygens (including phenoxy) is 1. The molecule has 0 unspecified atom stereocenters. The predicted octanol–water partition coefficient (Wildman–Crippen LogP) is 6.09. The van der Waals surface area contributed by atoms with Gasteiger partial charge in [0, 0.05) is 27.7 Å². The van der Waals surface area contributed by atoms with Gasteiger partial charge in [-0.1, -0.05) is 35.9 Å². The molecule has 0 aliphatic carbocycles. The van der Waals surface area contributed by atoms with Gasteiger partial charge in [-0.25, -0.2) is 4.79 Å². The van der Waals surface area contributed by atoms with E-state index in [-0.39, 0.29) is 11.6 Å². The number of hydrogen-bond donors (Lipinski definition) is 1. The van der Waals surface area contributed by atoms with Crippen molar-refractivity contribution in [1.82, 2.24) is 9.88 Å². The topological polar surface area (TPSA) is 45.3 Å². The minimum atomic E-state index is -0.335. The van der Waals surface area contributed by atoms with Crippen LogP contribution in [0, 0.1) is 6.92 Å². The Balaban J connectivity index is 1.87. The van der Waals surface area contributed by atoms with Crippen molar-refractivity contribution in [3.8, 4) is 0 Å². The van der Waals surface area contributed by atoms with Crippen molar-refractivity contribution < 1.29 is 9.53 Å². The molecule has 1 N–H and O–H groups in total. The summed E-state index contributed by atoms with van der Waals surface area (Å²) < 4.78 is 4.97. The van der Waals surface area contributed by atoms with Gasteiger partial charge in [0.05, 0.1) is 13.7 Å². The number of rotatable bonds is 4. The summed E-state index contributed by atoms with van der Waals surface area (Å²) in [5.41, 5.74) is 5.24. The third-order valence-electron chi connectivity index (χ3n) is 4.97. The van der Waals surface area contributed by atoms with Gasteiger partial charge in [0.2, 0.25) is 0 Å². The minimum absolute atomic E-state index is 0.326. The maximum absolute atomic E-state index is 12.2. The summed E-state index contributed by atoms with van der Waals surface area (Å²) >= 11 is 6.39. The van der Waals surface area contributed by atoms with Gasteiger partial charge in [0.25, 0.3) is 0 Å². The number of benzene rings is 2. The summed E-state index contributed by atoms with van der Waals surface area (Å²) in [6.45, 7) is 8.53. The number of halogens is 1. The van der Waals surface area contributed by atoms with Crippen LogP contribution < -0.4 is 0 Å². The molecule has 1 amide bonds. The fourth-order valence-corrected chi connectivity index (χ4v) is 3.65. The molecule has 3 aromatic rings. The quantitative estimate of drug-likeness (QED) is 0.578. The molecule has 0 saturated heterocycles. The van der Waals surface area contributed by atoms with Gasteiger partial charge in [0.15, 0.2) is 0 Å². The van der Waals surface area contributed by atoms with Gasteiger partial charge >= 0.3 is 6.09 Å². The van der Waals surface area contributed by atoms with Crippen LogP contribution in [0.2, 0.25) is 5.02 Å². The zero-order chi connectivity index (χ0) is 20.5. The molecule has 0 aliphatic heterocycles. The zero-order valence-corrected chi connectivity index (χ0v) is 17.9. The van der Waals surface area contributed by atoms with Crippen LogP contribution in [0.4, 0.5) is 4.79 Å². The molecule has 0 saturated carbocycles. The third-order valence-corrected chi connectivity index (χ3v) is 5.32.